The number of unbranched alkanes of at least 4 members (excludes halogenated alkanes) is 2. The van der Waals surface area contributed by atoms with Crippen LogP contribution in [0.15, 0.2) is 54.6 Å². The lowest BCUT2D eigenvalue weighted by Crippen LogP contribution is -2.46. The molecule has 1 heterocycles. The van der Waals surface area contributed by atoms with Crippen LogP contribution in [0, 0.1) is 0 Å². The monoisotopic (exact) mass is 409 g/mol. The highest BCUT2D eigenvalue weighted by Crippen LogP contribution is 2.26. The van der Waals surface area contributed by atoms with Gasteiger partial charge in [-0.3, -0.25) is 19.6 Å². The van der Waals surface area contributed by atoms with Gasteiger partial charge in [-0.25, -0.2) is 5.48 Å². The van der Waals surface area contributed by atoms with Gasteiger partial charge in [0.15, 0.2) is 0 Å². The fourth-order valence-electron chi connectivity index (χ4n) is 3.68. The molecule has 0 aromatic heterocycles. The third-order valence-corrected chi connectivity index (χ3v) is 5.30. The van der Waals surface area contributed by atoms with E-state index in [1.165, 1.54) is 0 Å². The van der Waals surface area contributed by atoms with E-state index in [4.69, 9.17) is 5.21 Å². The molecule has 1 aliphatic rings. The van der Waals surface area contributed by atoms with Crippen molar-refractivity contribution in [2.24, 2.45) is 0 Å². The number of carbonyl (C=O) groups excluding carboxylic acids is 3. The van der Waals surface area contributed by atoms with Crippen LogP contribution in [0.3, 0.4) is 0 Å². The number of nitrogens with zero attached hydrogens (tertiary/aromatic N) is 1. The maximum Gasteiger partial charge on any atom is 0.254 e. The molecule has 0 saturated carbocycles. The van der Waals surface area contributed by atoms with E-state index in [0.717, 1.165) is 12.0 Å². The first-order valence-corrected chi connectivity index (χ1v) is 10.3. The number of hydroxylamine groups is 1. The summed E-state index contributed by atoms with van der Waals surface area (Å²) in [6.07, 6.45) is 3.46. The molecule has 0 radical (unpaired) electrons. The number of rotatable bonds is 9. The van der Waals surface area contributed by atoms with Crippen molar-refractivity contribution in [2.75, 3.05) is 11.4 Å². The van der Waals surface area contributed by atoms with E-state index in [1.54, 1.807) is 22.5 Å². The van der Waals surface area contributed by atoms with Gasteiger partial charge in [0, 0.05) is 13.0 Å². The largest absolute Gasteiger partial charge is 0.340 e. The number of benzene rings is 2. The lowest BCUT2D eigenvalue weighted by Gasteiger charge is -2.25. The minimum Gasteiger partial charge on any atom is -0.340 e. The zero-order valence-electron chi connectivity index (χ0n) is 16.8. The number of carbonyl (C=O) groups is 3. The summed E-state index contributed by atoms with van der Waals surface area (Å²) in [7, 11) is 0. The SMILES string of the molecule is O=C(CCCCCC1NC(=O)c2ccccc2N(CCc2ccccc2)C1=O)NO. The second-order valence-electron chi connectivity index (χ2n) is 7.40. The quantitative estimate of drug-likeness (QED) is 0.337. The number of amides is 3. The maximum atomic E-state index is 13.3. The first-order valence-electron chi connectivity index (χ1n) is 10.3. The van der Waals surface area contributed by atoms with Gasteiger partial charge in [0.05, 0.1) is 11.3 Å². The van der Waals surface area contributed by atoms with Crippen LogP contribution in [0.1, 0.15) is 48.0 Å². The van der Waals surface area contributed by atoms with Crippen molar-refractivity contribution in [1.82, 2.24) is 10.8 Å². The number of para-hydroxylation sites is 1. The van der Waals surface area contributed by atoms with Crippen LogP contribution in [0.25, 0.3) is 0 Å². The van der Waals surface area contributed by atoms with Gasteiger partial charge in [-0.2, -0.15) is 0 Å². The molecule has 0 spiro atoms. The molecule has 1 unspecified atom stereocenters. The van der Waals surface area contributed by atoms with E-state index in [1.807, 2.05) is 42.5 Å². The highest BCUT2D eigenvalue weighted by atomic mass is 16.5. The first kappa shape index (κ1) is 21.5. The first-order chi connectivity index (χ1) is 14.6. The maximum absolute atomic E-state index is 13.3. The van der Waals surface area contributed by atoms with Gasteiger partial charge in [0.1, 0.15) is 6.04 Å². The normalized spacial score (nSPS) is 15.9. The van der Waals surface area contributed by atoms with Gasteiger partial charge in [0.25, 0.3) is 5.91 Å². The summed E-state index contributed by atoms with van der Waals surface area (Å²) in [6, 6.07) is 16.5. The number of nitrogens with one attached hydrogen (secondary N) is 2. The fraction of sp³-hybridized carbons (Fsp3) is 0.348. The molecule has 0 aliphatic carbocycles. The third kappa shape index (κ3) is 5.45. The highest BCUT2D eigenvalue weighted by molar-refractivity contribution is 6.10. The molecule has 7 nitrogen and oxygen atoms in total. The van der Waals surface area contributed by atoms with Crippen LogP contribution in [0.5, 0.6) is 0 Å². The zero-order valence-corrected chi connectivity index (χ0v) is 16.8. The van der Waals surface area contributed by atoms with Crippen LogP contribution >= 0.6 is 0 Å². The third-order valence-electron chi connectivity index (χ3n) is 5.30. The van der Waals surface area contributed by atoms with Gasteiger partial charge >= 0.3 is 0 Å². The summed E-state index contributed by atoms with van der Waals surface area (Å²) in [5.41, 5.74) is 3.88. The Bertz CT molecular complexity index is 885. The summed E-state index contributed by atoms with van der Waals surface area (Å²) in [5, 5.41) is 11.4. The average molecular weight is 409 g/mol. The van der Waals surface area contributed by atoms with E-state index in [-0.39, 0.29) is 18.2 Å². The van der Waals surface area contributed by atoms with Crippen molar-refractivity contribution in [2.45, 2.75) is 44.6 Å². The summed E-state index contributed by atoms with van der Waals surface area (Å²) >= 11 is 0. The second kappa shape index (κ2) is 10.5. The topological polar surface area (TPSA) is 98.7 Å². The minimum atomic E-state index is -0.604. The Kier molecular flexibility index (Phi) is 7.57. The van der Waals surface area contributed by atoms with E-state index in [0.29, 0.717) is 43.5 Å². The van der Waals surface area contributed by atoms with Gasteiger partial charge < -0.3 is 10.2 Å². The molecule has 3 amide bonds. The molecule has 1 atom stereocenters. The van der Waals surface area contributed by atoms with Crippen molar-refractivity contribution >= 4 is 23.4 Å². The van der Waals surface area contributed by atoms with Gasteiger partial charge in [-0.15, -0.1) is 0 Å². The predicted molar refractivity (Wildman–Crippen MR) is 113 cm³/mol. The molecule has 7 heteroatoms. The van der Waals surface area contributed by atoms with E-state index in [2.05, 4.69) is 5.32 Å². The highest BCUT2D eigenvalue weighted by Gasteiger charge is 2.32. The Labute approximate surface area is 176 Å². The van der Waals surface area contributed by atoms with Gasteiger partial charge in [-0.05, 0) is 37.0 Å². The second-order valence-corrected chi connectivity index (χ2v) is 7.40. The Hall–Kier alpha value is -3.19. The Balaban J connectivity index is 1.70. The smallest absolute Gasteiger partial charge is 0.254 e. The molecule has 0 saturated heterocycles. The van der Waals surface area contributed by atoms with Crippen molar-refractivity contribution in [3.8, 4) is 0 Å². The van der Waals surface area contributed by atoms with Gasteiger partial charge in [0.2, 0.25) is 11.8 Å². The van der Waals surface area contributed by atoms with Crippen molar-refractivity contribution < 1.29 is 19.6 Å². The van der Waals surface area contributed by atoms with E-state index in [9.17, 15) is 14.4 Å². The summed E-state index contributed by atoms with van der Waals surface area (Å²) in [5.74, 6) is -0.778. The Morgan fingerprint density at radius 3 is 2.50 bits per heavy atom. The molecule has 158 valence electrons. The van der Waals surface area contributed by atoms with Crippen molar-refractivity contribution in [3.05, 3.63) is 65.7 Å². The number of hydrogen-bond donors (Lipinski definition) is 3. The molecule has 3 rings (SSSR count). The molecule has 3 N–H and O–H groups in total. The number of hydrogen-bond acceptors (Lipinski definition) is 4. The van der Waals surface area contributed by atoms with Gasteiger partial charge in [-0.1, -0.05) is 55.3 Å². The lowest BCUT2D eigenvalue weighted by molar-refractivity contribution is -0.129. The standard InChI is InChI=1S/C23H27N3O4/c27-21(25-30)14-6-2-5-12-19-23(29)26(16-15-17-9-3-1-4-10-17)20-13-8-7-11-18(20)22(28)24-19/h1,3-4,7-11,13,19,30H,2,5-6,12,14-16H2,(H,24,28)(H,25,27). The number of fused-ring (bicyclic) bond motifs is 1. The fourth-order valence-corrected chi connectivity index (χ4v) is 3.68. The van der Waals surface area contributed by atoms with Crippen molar-refractivity contribution in [1.29, 1.82) is 0 Å². The Morgan fingerprint density at radius 1 is 1.00 bits per heavy atom. The lowest BCUT2D eigenvalue weighted by atomic mass is 10.1. The van der Waals surface area contributed by atoms with Crippen LogP contribution in [-0.4, -0.2) is 35.5 Å². The number of anilines is 1. The summed E-state index contributed by atoms with van der Waals surface area (Å²) in [4.78, 5) is 38.8. The van der Waals surface area contributed by atoms with Crippen LogP contribution in [0.2, 0.25) is 0 Å². The van der Waals surface area contributed by atoms with Crippen LogP contribution in [-0.2, 0) is 16.0 Å². The zero-order chi connectivity index (χ0) is 21.3. The minimum absolute atomic E-state index is 0.114. The van der Waals surface area contributed by atoms with Crippen LogP contribution < -0.4 is 15.7 Å². The molecule has 0 fully saturated rings. The van der Waals surface area contributed by atoms with E-state index >= 15 is 0 Å². The van der Waals surface area contributed by atoms with E-state index < -0.39 is 11.9 Å². The summed E-state index contributed by atoms with van der Waals surface area (Å²) < 4.78 is 0. The van der Waals surface area contributed by atoms with Crippen molar-refractivity contribution in [3.63, 3.8) is 0 Å². The Morgan fingerprint density at radius 2 is 1.73 bits per heavy atom. The average Bonchev–Trinajstić information content (AvgIpc) is 2.87. The molecule has 30 heavy (non-hydrogen) atoms. The predicted octanol–water partition coefficient (Wildman–Crippen LogP) is 2.83. The molecular weight excluding hydrogens is 382 g/mol. The molecular formula is C23H27N3O4. The molecule has 1 aliphatic heterocycles. The molecule has 2 aromatic rings. The molecule has 2 aromatic carbocycles. The molecule has 0 bridgehead atoms. The summed E-state index contributed by atoms with van der Waals surface area (Å²) in [6.45, 7) is 0.488. The van der Waals surface area contributed by atoms with Crippen LogP contribution in [0.4, 0.5) is 5.69 Å².